The first-order valence-electron chi connectivity index (χ1n) is 10.4. The van der Waals surface area contributed by atoms with Gasteiger partial charge in [0.15, 0.2) is 0 Å². The van der Waals surface area contributed by atoms with Crippen LogP contribution < -0.4 is 10.1 Å². The Bertz CT molecular complexity index is 820. The summed E-state index contributed by atoms with van der Waals surface area (Å²) in [5, 5.41) is 3.03. The van der Waals surface area contributed by atoms with Crippen LogP contribution in [0.2, 0.25) is 0 Å². The molecule has 1 unspecified atom stereocenters. The zero-order chi connectivity index (χ0) is 20.6. The Labute approximate surface area is 173 Å². The lowest BCUT2D eigenvalue weighted by atomic mass is 9.96. The molecule has 0 aromatic heterocycles. The molecule has 2 amide bonds. The highest BCUT2D eigenvalue weighted by Gasteiger charge is 2.28. The van der Waals surface area contributed by atoms with Crippen molar-refractivity contribution in [2.24, 2.45) is 5.92 Å². The van der Waals surface area contributed by atoms with E-state index in [9.17, 15) is 9.59 Å². The summed E-state index contributed by atoms with van der Waals surface area (Å²) in [6.07, 6.45) is 2.13. The summed E-state index contributed by atoms with van der Waals surface area (Å²) in [4.78, 5) is 27.2. The highest BCUT2D eigenvalue weighted by Crippen LogP contribution is 2.21. The van der Waals surface area contributed by atoms with Crippen molar-refractivity contribution in [2.45, 2.75) is 45.8 Å². The van der Waals surface area contributed by atoms with E-state index in [1.165, 1.54) is 0 Å². The molecular formula is C24H30N2O3. The molecule has 2 aromatic rings. The zero-order valence-corrected chi connectivity index (χ0v) is 17.3. The molecule has 29 heavy (non-hydrogen) atoms. The Morgan fingerprint density at radius 3 is 2.59 bits per heavy atom. The lowest BCUT2D eigenvalue weighted by Crippen LogP contribution is -2.45. The van der Waals surface area contributed by atoms with Gasteiger partial charge in [0.2, 0.25) is 11.8 Å². The van der Waals surface area contributed by atoms with E-state index in [2.05, 4.69) is 5.32 Å². The van der Waals surface area contributed by atoms with Crippen LogP contribution in [0, 0.1) is 5.92 Å². The summed E-state index contributed by atoms with van der Waals surface area (Å²) < 4.78 is 5.82. The van der Waals surface area contributed by atoms with Gasteiger partial charge < -0.3 is 15.0 Å². The van der Waals surface area contributed by atoms with Gasteiger partial charge in [-0.05, 0) is 38.3 Å². The minimum atomic E-state index is -0.165. The van der Waals surface area contributed by atoms with Crippen LogP contribution in [0.3, 0.4) is 0 Å². The third-order valence-electron chi connectivity index (χ3n) is 5.13. The van der Waals surface area contributed by atoms with Crippen LogP contribution >= 0.6 is 0 Å². The van der Waals surface area contributed by atoms with Gasteiger partial charge in [0.25, 0.3) is 0 Å². The highest BCUT2D eigenvalue weighted by atomic mass is 16.5. The fourth-order valence-corrected chi connectivity index (χ4v) is 3.65. The van der Waals surface area contributed by atoms with Crippen molar-refractivity contribution in [1.29, 1.82) is 0 Å². The van der Waals surface area contributed by atoms with Crippen molar-refractivity contribution >= 4 is 11.8 Å². The largest absolute Gasteiger partial charge is 0.491 e. The van der Waals surface area contributed by atoms with Crippen molar-refractivity contribution < 1.29 is 14.3 Å². The molecule has 1 heterocycles. The molecule has 5 nitrogen and oxygen atoms in total. The summed E-state index contributed by atoms with van der Waals surface area (Å²) in [7, 11) is 0. The van der Waals surface area contributed by atoms with Gasteiger partial charge in [0.1, 0.15) is 5.75 Å². The molecule has 0 radical (unpaired) electrons. The molecule has 3 rings (SSSR count). The number of nitrogens with one attached hydrogen (secondary N) is 1. The summed E-state index contributed by atoms with van der Waals surface area (Å²) >= 11 is 0. The Kier molecular flexibility index (Phi) is 7.28. The van der Waals surface area contributed by atoms with E-state index in [-0.39, 0.29) is 23.8 Å². The average molecular weight is 395 g/mol. The van der Waals surface area contributed by atoms with E-state index in [4.69, 9.17) is 4.74 Å². The first kappa shape index (κ1) is 20.9. The molecular weight excluding hydrogens is 364 g/mol. The predicted octanol–water partition coefficient (Wildman–Crippen LogP) is 3.57. The first-order chi connectivity index (χ1) is 14.0. The molecule has 0 aliphatic carbocycles. The van der Waals surface area contributed by atoms with E-state index in [0.717, 1.165) is 36.3 Å². The van der Waals surface area contributed by atoms with Crippen LogP contribution in [0.1, 0.15) is 37.8 Å². The van der Waals surface area contributed by atoms with Crippen molar-refractivity contribution in [1.82, 2.24) is 10.2 Å². The topological polar surface area (TPSA) is 58.6 Å². The maximum Gasteiger partial charge on any atom is 0.227 e. The number of hydrogen-bond donors (Lipinski definition) is 1. The SMILES string of the molecule is CC(C)Oc1ccccc1CNC(=O)C1CCCN(C(=O)Cc2ccccc2)C1. The third-order valence-corrected chi connectivity index (χ3v) is 5.13. The quantitative estimate of drug-likeness (QED) is 0.781. The molecule has 1 N–H and O–H groups in total. The molecule has 154 valence electrons. The smallest absolute Gasteiger partial charge is 0.227 e. The third kappa shape index (κ3) is 6.08. The minimum absolute atomic E-state index is 0.00145. The summed E-state index contributed by atoms with van der Waals surface area (Å²) in [5.41, 5.74) is 1.97. The Hall–Kier alpha value is -2.82. The number of rotatable bonds is 7. The number of para-hydroxylation sites is 1. The fraction of sp³-hybridized carbons (Fsp3) is 0.417. The van der Waals surface area contributed by atoms with Crippen LogP contribution in [0.5, 0.6) is 5.75 Å². The van der Waals surface area contributed by atoms with Crippen molar-refractivity contribution in [2.75, 3.05) is 13.1 Å². The number of piperidine rings is 1. The normalized spacial score (nSPS) is 16.5. The van der Waals surface area contributed by atoms with E-state index in [1.807, 2.05) is 73.3 Å². The van der Waals surface area contributed by atoms with E-state index in [1.54, 1.807) is 0 Å². The zero-order valence-electron chi connectivity index (χ0n) is 17.3. The maximum atomic E-state index is 12.7. The molecule has 1 fully saturated rings. The highest BCUT2D eigenvalue weighted by molar-refractivity contribution is 5.82. The van der Waals surface area contributed by atoms with Gasteiger partial charge in [-0.2, -0.15) is 0 Å². The van der Waals surface area contributed by atoms with Crippen LogP contribution in [-0.4, -0.2) is 35.9 Å². The lowest BCUT2D eigenvalue weighted by Gasteiger charge is -2.32. The summed E-state index contributed by atoms with van der Waals surface area (Å²) in [6, 6.07) is 17.5. The number of hydrogen-bond acceptors (Lipinski definition) is 3. The number of benzene rings is 2. The summed E-state index contributed by atoms with van der Waals surface area (Å²) in [6.45, 7) is 5.61. The van der Waals surface area contributed by atoms with Gasteiger partial charge >= 0.3 is 0 Å². The predicted molar refractivity (Wildman–Crippen MR) is 114 cm³/mol. The van der Waals surface area contributed by atoms with Crippen molar-refractivity contribution in [3.63, 3.8) is 0 Å². The number of nitrogens with zero attached hydrogens (tertiary/aromatic N) is 1. The number of carbonyl (C=O) groups is 2. The van der Waals surface area contributed by atoms with E-state index in [0.29, 0.717) is 19.5 Å². The molecule has 0 spiro atoms. The molecule has 0 saturated carbocycles. The second kappa shape index (κ2) is 10.1. The number of likely N-dealkylation sites (tertiary alicyclic amines) is 1. The van der Waals surface area contributed by atoms with Crippen molar-refractivity contribution in [3.05, 3.63) is 65.7 Å². The van der Waals surface area contributed by atoms with Crippen LogP contribution in [0.15, 0.2) is 54.6 Å². The molecule has 1 aliphatic heterocycles. The summed E-state index contributed by atoms with van der Waals surface area (Å²) in [5.74, 6) is 0.721. The Morgan fingerprint density at radius 2 is 1.83 bits per heavy atom. The monoisotopic (exact) mass is 394 g/mol. The molecule has 1 saturated heterocycles. The maximum absolute atomic E-state index is 12.7. The van der Waals surface area contributed by atoms with Crippen molar-refractivity contribution in [3.8, 4) is 5.75 Å². The van der Waals surface area contributed by atoms with Gasteiger partial charge in [-0.3, -0.25) is 9.59 Å². The van der Waals surface area contributed by atoms with Gasteiger partial charge in [0, 0.05) is 25.2 Å². The van der Waals surface area contributed by atoms with Crippen LogP contribution in [-0.2, 0) is 22.6 Å². The Morgan fingerprint density at radius 1 is 1.10 bits per heavy atom. The standard InChI is InChI=1S/C24H30N2O3/c1-18(2)29-22-13-7-6-11-20(22)16-25-24(28)21-12-8-14-26(17-21)23(27)15-19-9-4-3-5-10-19/h3-7,9-11,13,18,21H,8,12,14-17H2,1-2H3,(H,25,28). The van der Waals surface area contributed by atoms with Gasteiger partial charge in [-0.1, -0.05) is 48.5 Å². The van der Waals surface area contributed by atoms with Crippen LogP contribution in [0.25, 0.3) is 0 Å². The molecule has 0 bridgehead atoms. The van der Waals surface area contributed by atoms with Gasteiger partial charge in [0.05, 0.1) is 18.4 Å². The van der Waals surface area contributed by atoms with Crippen LogP contribution in [0.4, 0.5) is 0 Å². The lowest BCUT2D eigenvalue weighted by molar-refractivity contribution is -0.135. The Balaban J connectivity index is 1.54. The molecule has 1 aliphatic rings. The fourth-order valence-electron chi connectivity index (χ4n) is 3.65. The minimum Gasteiger partial charge on any atom is -0.491 e. The molecule has 1 atom stereocenters. The molecule has 2 aromatic carbocycles. The molecule has 5 heteroatoms. The van der Waals surface area contributed by atoms with E-state index < -0.39 is 0 Å². The number of carbonyl (C=O) groups excluding carboxylic acids is 2. The first-order valence-corrected chi connectivity index (χ1v) is 10.4. The van der Waals surface area contributed by atoms with Gasteiger partial charge in [-0.25, -0.2) is 0 Å². The number of ether oxygens (including phenoxy) is 1. The average Bonchev–Trinajstić information content (AvgIpc) is 2.73. The van der Waals surface area contributed by atoms with Gasteiger partial charge in [-0.15, -0.1) is 0 Å². The van der Waals surface area contributed by atoms with E-state index >= 15 is 0 Å². The number of amides is 2. The second-order valence-electron chi connectivity index (χ2n) is 7.83. The second-order valence-corrected chi connectivity index (χ2v) is 7.83.